The Balaban J connectivity index is 3.82. The van der Waals surface area contributed by atoms with Crippen molar-refractivity contribution in [1.82, 2.24) is 10.3 Å². The van der Waals surface area contributed by atoms with E-state index < -0.39 is 16.6 Å². The van der Waals surface area contributed by atoms with Crippen molar-refractivity contribution in [3.8, 4) is 0 Å². The first-order valence-corrected chi connectivity index (χ1v) is 12.6. The van der Waals surface area contributed by atoms with E-state index >= 15 is 0 Å². The van der Waals surface area contributed by atoms with Crippen LogP contribution in [0.25, 0.3) is 0 Å². The molecule has 0 aromatic heterocycles. The Hall–Kier alpha value is -0.666. The third-order valence-electron chi connectivity index (χ3n) is 1.63. The van der Waals surface area contributed by atoms with Crippen LogP contribution in [0.5, 0.6) is 0 Å². The second-order valence-corrected chi connectivity index (χ2v) is 15.2. The summed E-state index contributed by atoms with van der Waals surface area (Å²) in [6.45, 7) is 12.3. The number of hydrogen-bond donors (Lipinski definition) is 2. The zero-order valence-electron chi connectivity index (χ0n) is 11.6. The molecule has 0 aromatic rings. The van der Waals surface area contributed by atoms with Gasteiger partial charge in [-0.2, -0.15) is 0 Å². The maximum Gasteiger partial charge on any atom is 0.312 e. The van der Waals surface area contributed by atoms with Crippen molar-refractivity contribution in [1.29, 1.82) is 0 Å². The van der Waals surface area contributed by atoms with Crippen LogP contribution >= 0.6 is 0 Å². The molecule has 17 heavy (non-hydrogen) atoms. The van der Waals surface area contributed by atoms with E-state index in [1.807, 2.05) is 19.6 Å². The van der Waals surface area contributed by atoms with Crippen LogP contribution in [0.15, 0.2) is 0 Å². The molecule has 0 atom stereocenters. The molecule has 0 fully saturated rings. The van der Waals surface area contributed by atoms with E-state index in [1.165, 1.54) is 0 Å². The highest BCUT2D eigenvalue weighted by molar-refractivity contribution is 6.73. The predicted octanol–water partition coefficient (Wildman–Crippen LogP) is 0.905. The molecule has 0 aromatic carbocycles. The smallest absolute Gasteiger partial charge is 0.312 e. The second kappa shape index (κ2) is 6.32. The molecule has 0 saturated carbocycles. The van der Waals surface area contributed by atoms with Crippen molar-refractivity contribution in [3.05, 3.63) is 0 Å². The number of amides is 1. The first-order valence-electron chi connectivity index (χ1n) is 5.73. The molecule has 0 spiro atoms. The van der Waals surface area contributed by atoms with E-state index in [0.717, 1.165) is 0 Å². The maximum atomic E-state index is 11.4. The summed E-state index contributed by atoms with van der Waals surface area (Å²) >= 11 is 0. The van der Waals surface area contributed by atoms with E-state index in [-0.39, 0.29) is 25.0 Å². The summed E-state index contributed by atoms with van der Waals surface area (Å²) in [5.41, 5.74) is 0. The van der Waals surface area contributed by atoms with Crippen LogP contribution in [-0.4, -0.2) is 41.5 Å². The van der Waals surface area contributed by atoms with Crippen LogP contribution < -0.4 is 10.3 Å². The van der Waals surface area contributed by atoms with E-state index in [9.17, 15) is 9.59 Å². The minimum atomic E-state index is -1.85. The number of rotatable bonds is 6. The van der Waals surface area contributed by atoms with Crippen molar-refractivity contribution in [2.45, 2.75) is 39.3 Å². The fourth-order valence-corrected chi connectivity index (χ4v) is 2.40. The van der Waals surface area contributed by atoms with Gasteiger partial charge in [-0.1, -0.05) is 19.6 Å². The van der Waals surface area contributed by atoms with Gasteiger partial charge in [0.05, 0.1) is 6.54 Å². The highest BCUT2D eigenvalue weighted by Crippen LogP contribution is 2.01. The minimum absolute atomic E-state index is 0.0452. The molecule has 5 nitrogen and oxygen atoms in total. The van der Waals surface area contributed by atoms with E-state index in [1.54, 1.807) is 0 Å². The van der Waals surface area contributed by atoms with Gasteiger partial charge >= 0.3 is 5.97 Å². The second-order valence-electron chi connectivity index (χ2n) is 5.97. The summed E-state index contributed by atoms with van der Waals surface area (Å²) in [5, 5.41) is 2.55. The van der Waals surface area contributed by atoms with Gasteiger partial charge in [-0.3, -0.25) is 9.59 Å². The normalized spacial score (nSPS) is 12.1. The molecule has 0 heterocycles. The van der Waals surface area contributed by atoms with Crippen molar-refractivity contribution < 1.29 is 14.0 Å². The molecule has 0 radical (unpaired) electrons. The lowest BCUT2D eigenvalue weighted by Crippen LogP contribution is -2.48. The Morgan fingerprint density at radius 2 is 1.53 bits per heavy atom. The van der Waals surface area contributed by atoms with Crippen LogP contribution in [0.4, 0.5) is 0 Å². The third kappa shape index (κ3) is 11.6. The zero-order valence-corrected chi connectivity index (χ0v) is 13.6. The molecule has 2 N–H and O–H groups in total. The Bertz CT molecular complexity index is 282. The standard InChI is InChI=1S/C10H24N2O3Si2/c1-16(2,3)12-7-9(13)11-8-10(14)15-17(4,5)6/h12H,7-8H2,1-6H3,(H,11,13). The molecular formula is C10H24N2O3Si2. The minimum Gasteiger partial charge on any atom is -0.519 e. The van der Waals surface area contributed by atoms with Gasteiger partial charge in [-0.15, -0.1) is 0 Å². The Labute approximate surface area is 106 Å². The SMILES string of the molecule is C[Si](C)(C)NCC(=O)NCC(=O)O[Si](C)(C)C. The average molecular weight is 276 g/mol. The monoisotopic (exact) mass is 276 g/mol. The van der Waals surface area contributed by atoms with Gasteiger partial charge in [0.15, 0.2) is 0 Å². The maximum absolute atomic E-state index is 11.4. The van der Waals surface area contributed by atoms with E-state index in [2.05, 4.69) is 29.9 Å². The number of carbonyl (C=O) groups excluding carboxylic acids is 2. The Morgan fingerprint density at radius 1 is 1.00 bits per heavy atom. The Kier molecular flexibility index (Phi) is 6.07. The molecule has 0 rings (SSSR count). The van der Waals surface area contributed by atoms with Crippen LogP contribution in [-0.2, 0) is 14.0 Å². The number of hydrogen-bond acceptors (Lipinski definition) is 4. The molecule has 1 amide bonds. The lowest BCUT2D eigenvalue weighted by molar-refractivity contribution is -0.136. The van der Waals surface area contributed by atoms with Gasteiger partial charge in [-0.25, -0.2) is 0 Å². The lowest BCUT2D eigenvalue weighted by atomic mass is 10.5. The summed E-state index contributed by atoms with van der Waals surface area (Å²) in [7, 11) is -3.28. The number of nitrogens with one attached hydrogen (secondary N) is 2. The summed E-state index contributed by atoms with van der Waals surface area (Å²) < 4.78 is 5.21. The molecular weight excluding hydrogens is 252 g/mol. The molecule has 0 aliphatic carbocycles. The van der Waals surface area contributed by atoms with Crippen molar-refractivity contribution in [3.63, 3.8) is 0 Å². The summed E-state index contributed by atoms with van der Waals surface area (Å²) in [6, 6.07) is 0. The fraction of sp³-hybridized carbons (Fsp3) is 0.800. The lowest BCUT2D eigenvalue weighted by Gasteiger charge is -2.19. The van der Waals surface area contributed by atoms with Crippen LogP contribution in [0.2, 0.25) is 39.3 Å². The molecule has 0 saturated heterocycles. The predicted molar refractivity (Wildman–Crippen MR) is 73.8 cm³/mol. The molecule has 100 valence electrons. The van der Waals surface area contributed by atoms with Gasteiger partial charge in [0, 0.05) is 0 Å². The van der Waals surface area contributed by atoms with Crippen molar-refractivity contribution in [2.75, 3.05) is 13.1 Å². The largest absolute Gasteiger partial charge is 0.519 e. The quantitative estimate of drug-likeness (QED) is 0.708. The first-order chi connectivity index (χ1) is 7.49. The van der Waals surface area contributed by atoms with Gasteiger partial charge < -0.3 is 14.7 Å². The fourth-order valence-electron chi connectivity index (χ4n) is 0.956. The first kappa shape index (κ1) is 16.3. The van der Waals surface area contributed by atoms with E-state index in [4.69, 9.17) is 4.43 Å². The highest BCUT2D eigenvalue weighted by Gasteiger charge is 2.20. The van der Waals surface area contributed by atoms with Crippen LogP contribution in [0, 0.1) is 0 Å². The van der Waals surface area contributed by atoms with Crippen LogP contribution in [0.1, 0.15) is 0 Å². The van der Waals surface area contributed by atoms with E-state index in [0.29, 0.717) is 0 Å². The third-order valence-corrected chi connectivity index (χ3v) is 3.71. The molecule has 0 aliphatic rings. The molecule has 0 unspecified atom stereocenters. The van der Waals surface area contributed by atoms with Crippen LogP contribution in [0.3, 0.4) is 0 Å². The van der Waals surface area contributed by atoms with Gasteiger partial charge in [0.25, 0.3) is 0 Å². The zero-order chi connectivity index (χ0) is 13.7. The summed E-state index contributed by atoms with van der Waals surface area (Å²) in [4.78, 5) is 25.9. The molecule has 0 aliphatic heterocycles. The van der Waals surface area contributed by atoms with Gasteiger partial charge in [0.2, 0.25) is 14.2 Å². The number of carbonyl (C=O) groups is 2. The summed E-state index contributed by atoms with van der Waals surface area (Å²) in [6.07, 6.45) is 0. The molecule has 7 heteroatoms. The molecule has 0 bridgehead atoms. The van der Waals surface area contributed by atoms with Gasteiger partial charge in [0.1, 0.15) is 14.8 Å². The van der Waals surface area contributed by atoms with Crippen molar-refractivity contribution in [2.24, 2.45) is 0 Å². The Morgan fingerprint density at radius 3 is 1.94 bits per heavy atom. The topological polar surface area (TPSA) is 67.4 Å². The summed E-state index contributed by atoms with van der Waals surface area (Å²) in [5.74, 6) is -0.523. The van der Waals surface area contributed by atoms with Gasteiger partial charge in [-0.05, 0) is 19.6 Å². The average Bonchev–Trinajstić information content (AvgIpc) is 2.07. The van der Waals surface area contributed by atoms with Crippen molar-refractivity contribution >= 4 is 28.4 Å². The highest BCUT2D eigenvalue weighted by atomic mass is 28.4.